The molecule has 0 aromatic heterocycles. The quantitative estimate of drug-likeness (QED) is 0.894. The summed E-state index contributed by atoms with van der Waals surface area (Å²) in [6.07, 6.45) is 0.810. The Bertz CT molecular complexity index is 555. The Morgan fingerprint density at radius 2 is 1.55 bits per heavy atom. The van der Waals surface area contributed by atoms with Crippen LogP contribution >= 0.6 is 0 Å². The molecule has 2 aromatic rings. The van der Waals surface area contributed by atoms with E-state index in [2.05, 4.69) is 45.0 Å². The van der Waals surface area contributed by atoms with Crippen LogP contribution in [0, 0.1) is 12.7 Å². The van der Waals surface area contributed by atoms with Gasteiger partial charge in [0.2, 0.25) is 0 Å². The van der Waals surface area contributed by atoms with Gasteiger partial charge in [0, 0.05) is 11.5 Å². The van der Waals surface area contributed by atoms with E-state index in [1.165, 1.54) is 23.3 Å². The highest BCUT2D eigenvalue weighted by molar-refractivity contribution is 5.28. The zero-order valence-electron chi connectivity index (χ0n) is 12.4. The van der Waals surface area contributed by atoms with Crippen molar-refractivity contribution in [3.05, 3.63) is 71.0 Å². The maximum Gasteiger partial charge on any atom is 0.123 e. The first-order valence-corrected chi connectivity index (χ1v) is 6.97. The Balaban J connectivity index is 2.16. The van der Waals surface area contributed by atoms with Crippen LogP contribution in [-0.2, 0) is 11.8 Å². The smallest absolute Gasteiger partial charge is 0.123 e. The lowest BCUT2D eigenvalue weighted by Crippen LogP contribution is -2.42. The van der Waals surface area contributed by atoms with Gasteiger partial charge in [-0.05, 0) is 36.6 Å². The lowest BCUT2D eigenvalue weighted by molar-refractivity contribution is 0.406. The third-order valence-electron chi connectivity index (χ3n) is 4.09. The van der Waals surface area contributed by atoms with Crippen LogP contribution in [0.5, 0.6) is 0 Å². The lowest BCUT2D eigenvalue weighted by Gasteiger charge is -2.32. The Hall–Kier alpha value is -1.67. The minimum atomic E-state index is -0.211. The van der Waals surface area contributed by atoms with Crippen LogP contribution < -0.4 is 5.73 Å². The molecule has 0 heterocycles. The molecular weight excluding hydrogens is 249 g/mol. The summed E-state index contributed by atoms with van der Waals surface area (Å²) < 4.78 is 13.0. The van der Waals surface area contributed by atoms with Crippen molar-refractivity contribution in [3.8, 4) is 0 Å². The van der Waals surface area contributed by atoms with Crippen molar-refractivity contribution in [1.29, 1.82) is 0 Å². The normalized spacial score (nSPS) is 13.2. The highest BCUT2D eigenvalue weighted by Crippen LogP contribution is 2.28. The molecule has 2 N–H and O–H groups in total. The summed E-state index contributed by atoms with van der Waals surface area (Å²) >= 11 is 0. The average molecular weight is 271 g/mol. The van der Waals surface area contributed by atoms with Gasteiger partial charge in [-0.3, -0.25) is 0 Å². The van der Waals surface area contributed by atoms with Gasteiger partial charge in [-0.1, -0.05) is 55.8 Å². The molecule has 1 nitrogen and oxygen atoms in total. The number of nitrogens with two attached hydrogens (primary N) is 1. The number of aryl methyl sites for hydroxylation is 1. The van der Waals surface area contributed by atoms with E-state index < -0.39 is 0 Å². The van der Waals surface area contributed by atoms with Crippen LogP contribution in [0.25, 0.3) is 0 Å². The zero-order chi connectivity index (χ0) is 14.8. The fraction of sp³-hybridized carbons (Fsp3) is 0.333. The minimum Gasteiger partial charge on any atom is -0.327 e. The second kappa shape index (κ2) is 5.76. The van der Waals surface area contributed by atoms with Gasteiger partial charge in [-0.15, -0.1) is 0 Å². The molecule has 0 radical (unpaired) electrons. The second-order valence-electron chi connectivity index (χ2n) is 6.02. The molecule has 1 unspecified atom stereocenters. The molecule has 0 spiro atoms. The van der Waals surface area contributed by atoms with Crippen molar-refractivity contribution in [2.75, 3.05) is 0 Å². The third-order valence-corrected chi connectivity index (χ3v) is 4.09. The molecule has 0 aliphatic carbocycles. The van der Waals surface area contributed by atoms with Gasteiger partial charge in [0.15, 0.2) is 0 Å². The highest BCUT2D eigenvalue weighted by Gasteiger charge is 2.28. The van der Waals surface area contributed by atoms with Gasteiger partial charge in [-0.2, -0.15) is 0 Å². The zero-order valence-corrected chi connectivity index (χ0v) is 12.4. The van der Waals surface area contributed by atoms with Crippen molar-refractivity contribution in [2.24, 2.45) is 5.73 Å². The number of halogens is 1. The van der Waals surface area contributed by atoms with Gasteiger partial charge in [0.1, 0.15) is 5.82 Å². The predicted molar refractivity (Wildman–Crippen MR) is 82.3 cm³/mol. The van der Waals surface area contributed by atoms with E-state index in [1.54, 1.807) is 0 Å². The first kappa shape index (κ1) is 14.7. The summed E-state index contributed by atoms with van der Waals surface area (Å²) in [7, 11) is 0. The van der Waals surface area contributed by atoms with Crippen LogP contribution in [0.2, 0.25) is 0 Å². The topological polar surface area (TPSA) is 26.0 Å². The predicted octanol–water partition coefficient (Wildman–Crippen LogP) is 3.98. The molecular formula is C18H22FN. The molecule has 106 valence electrons. The lowest BCUT2D eigenvalue weighted by atomic mass is 9.76. The third kappa shape index (κ3) is 3.26. The van der Waals surface area contributed by atoms with E-state index in [0.717, 1.165) is 12.0 Å². The number of benzene rings is 2. The molecule has 2 rings (SSSR count). The Kier molecular flexibility index (Phi) is 4.24. The fourth-order valence-electron chi connectivity index (χ4n) is 2.33. The molecule has 0 bridgehead atoms. The van der Waals surface area contributed by atoms with Gasteiger partial charge >= 0.3 is 0 Å². The summed E-state index contributed by atoms with van der Waals surface area (Å²) in [5, 5.41) is 0. The Morgan fingerprint density at radius 1 is 1.00 bits per heavy atom. The number of hydrogen-bond donors (Lipinski definition) is 1. The summed E-state index contributed by atoms with van der Waals surface area (Å²) in [6, 6.07) is 15.1. The van der Waals surface area contributed by atoms with E-state index in [1.807, 2.05) is 12.1 Å². The SMILES string of the molecule is Cc1ccc(CC(N)C(C)(C)c2ccc(F)cc2)cc1. The second-order valence-corrected chi connectivity index (χ2v) is 6.02. The molecule has 2 heteroatoms. The molecule has 0 amide bonds. The maximum absolute atomic E-state index is 13.0. The Morgan fingerprint density at radius 3 is 2.10 bits per heavy atom. The van der Waals surface area contributed by atoms with Crippen molar-refractivity contribution >= 4 is 0 Å². The Labute approximate surface area is 120 Å². The monoisotopic (exact) mass is 271 g/mol. The summed E-state index contributed by atoms with van der Waals surface area (Å²) in [4.78, 5) is 0. The maximum atomic E-state index is 13.0. The van der Waals surface area contributed by atoms with E-state index in [0.29, 0.717) is 0 Å². The van der Waals surface area contributed by atoms with Crippen LogP contribution in [0.1, 0.15) is 30.5 Å². The molecule has 0 aliphatic rings. The first-order chi connectivity index (χ1) is 9.39. The van der Waals surface area contributed by atoms with Crippen molar-refractivity contribution in [2.45, 2.75) is 38.6 Å². The first-order valence-electron chi connectivity index (χ1n) is 6.97. The number of hydrogen-bond acceptors (Lipinski definition) is 1. The molecule has 2 aromatic carbocycles. The van der Waals surface area contributed by atoms with E-state index in [-0.39, 0.29) is 17.3 Å². The van der Waals surface area contributed by atoms with Crippen molar-refractivity contribution in [1.82, 2.24) is 0 Å². The van der Waals surface area contributed by atoms with E-state index >= 15 is 0 Å². The van der Waals surface area contributed by atoms with Crippen molar-refractivity contribution < 1.29 is 4.39 Å². The average Bonchev–Trinajstić information content (AvgIpc) is 2.42. The van der Waals surface area contributed by atoms with Crippen LogP contribution in [0.15, 0.2) is 48.5 Å². The van der Waals surface area contributed by atoms with Gasteiger partial charge in [0.05, 0.1) is 0 Å². The fourth-order valence-corrected chi connectivity index (χ4v) is 2.33. The summed E-state index contributed by atoms with van der Waals surface area (Å²) in [6.45, 7) is 6.30. The highest BCUT2D eigenvalue weighted by atomic mass is 19.1. The molecule has 1 atom stereocenters. The van der Waals surface area contributed by atoms with E-state index in [9.17, 15) is 4.39 Å². The number of rotatable bonds is 4. The van der Waals surface area contributed by atoms with Gasteiger partial charge < -0.3 is 5.73 Å². The largest absolute Gasteiger partial charge is 0.327 e. The molecule has 20 heavy (non-hydrogen) atoms. The summed E-state index contributed by atoms with van der Waals surface area (Å²) in [5.41, 5.74) is 9.75. The van der Waals surface area contributed by atoms with Crippen LogP contribution in [-0.4, -0.2) is 6.04 Å². The van der Waals surface area contributed by atoms with Gasteiger partial charge in [-0.25, -0.2) is 4.39 Å². The minimum absolute atomic E-state index is 0.0179. The molecule has 0 fully saturated rings. The molecule has 0 saturated heterocycles. The molecule has 0 aliphatic heterocycles. The van der Waals surface area contributed by atoms with Crippen LogP contribution in [0.4, 0.5) is 4.39 Å². The van der Waals surface area contributed by atoms with E-state index in [4.69, 9.17) is 5.73 Å². The van der Waals surface area contributed by atoms with Crippen molar-refractivity contribution in [3.63, 3.8) is 0 Å². The van der Waals surface area contributed by atoms with Crippen LogP contribution in [0.3, 0.4) is 0 Å². The summed E-state index contributed by atoms with van der Waals surface area (Å²) in [5.74, 6) is -0.211. The molecule has 0 saturated carbocycles. The van der Waals surface area contributed by atoms with Gasteiger partial charge in [0.25, 0.3) is 0 Å². The standard InChI is InChI=1S/C18H22FN/c1-13-4-6-14(7-5-13)12-17(20)18(2,3)15-8-10-16(19)11-9-15/h4-11,17H,12,20H2,1-3H3.